The largest absolute Gasteiger partial charge is 0.573 e. The lowest BCUT2D eigenvalue weighted by molar-refractivity contribution is -0.275. The number of hydrogen-bond donors (Lipinski definition) is 0. The number of ether oxygens (including phenoxy) is 2. The third-order valence-corrected chi connectivity index (χ3v) is 4.14. The monoisotopic (exact) mass is 508 g/mol. The molecule has 0 aromatic heterocycles. The number of hydrogen-bond acceptors (Lipinski definition) is 4. The fourth-order valence-corrected chi connectivity index (χ4v) is 2.80. The molecular formula is C26H22F6N2O2. The molecule has 0 radical (unpaired) electrons. The first-order chi connectivity index (χ1) is 17.0. The molecule has 0 unspecified atom stereocenters. The average Bonchev–Trinajstić information content (AvgIpc) is 2.78. The van der Waals surface area contributed by atoms with E-state index in [1.165, 1.54) is 48.8 Å². The molecule has 0 N–H and O–H groups in total. The van der Waals surface area contributed by atoms with E-state index in [1.54, 1.807) is 50.3 Å². The van der Waals surface area contributed by atoms with Crippen molar-refractivity contribution in [2.75, 3.05) is 0 Å². The van der Waals surface area contributed by atoms with Crippen LogP contribution in [0, 0.1) is 0 Å². The molecule has 0 fully saturated rings. The molecule has 0 aliphatic heterocycles. The third-order valence-electron chi connectivity index (χ3n) is 4.14. The maximum Gasteiger partial charge on any atom is 0.573 e. The minimum Gasteiger partial charge on any atom is -0.403 e. The van der Waals surface area contributed by atoms with Crippen LogP contribution in [-0.2, 0) is 0 Å². The number of alkyl halides is 6. The average molecular weight is 508 g/mol. The van der Waals surface area contributed by atoms with Gasteiger partial charge in [0, 0.05) is 12.4 Å². The Morgan fingerprint density at radius 3 is 1.33 bits per heavy atom. The number of para-hydroxylation sites is 4. The van der Waals surface area contributed by atoms with E-state index in [-0.39, 0.29) is 11.4 Å². The lowest BCUT2D eigenvalue weighted by Gasteiger charge is -2.10. The topological polar surface area (TPSA) is 43.2 Å². The molecule has 0 saturated carbocycles. The maximum absolute atomic E-state index is 12.6. The molecule has 190 valence electrons. The van der Waals surface area contributed by atoms with Gasteiger partial charge in [-0.25, -0.2) is 0 Å². The van der Waals surface area contributed by atoms with Crippen molar-refractivity contribution >= 4 is 23.8 Å². The van der Waals surface area contributed by atoms with E-state index >= 15 is 0 Å². The first-order valence-corrected chi connectivity index (χ1v) is 10.5. The number of allylic oxidation sites excluding steroid dienone is 8. The summed E-state index contributed by atoms with van der Waals surface area (Å²) in [7, 11) is 0. The number of nitrogens with zero attached hydrogens (tertiary/aromatic N) is 2. The van der Waals surface area contributed by atoms with Gasteiger partial charge in [-0.3, -0.25) is 9.98 Å². The normalized spacial score (nSPS) is 14.0. The summed E-state index contributed by atoms with van der Waals surface area (Å²) >= 11 is 0. The zero-order valence-electron chi connectivity index (χ0n) is 19.2. The van der Waals surface area contributed by atoms with Crippen LogP contribution < -0.4 is 9.47 Å². The molecule has 0 atom stereocenters. The van der Waals surface area contributed by atoms with Gasteiger partial charge in [-0.15, -0.1) is 26.3 Å². The molecule has 0 bridgehead atoms. The lowest BCUT2D eigenvalue weighted by atomic mass is 10.0. The molecular weight excluding hydrogens is 486 g/mol. The second-order valence-electron chi connectivity index (χ2n) is 6.83. The molecule has 0 saturated heterocycles. The van der Waals surface area contributed by atoms with Crippen molar-refractivity contribution < 1.29 is 35.8 Å². The van der Waals surface area contributed by atoms with Gasteiger partial charge in [0.1, 0.15) is 11.4 Å². The van der Waals surface area contributed by atoms with Crippen molar-refractivity contribution in [2.45, 2.75) is 26.6 Å². The van der Waals surface area contributed by atoms with Crippen LogP contribution in [0.5, 0.6) is 11.5 Å². The highest BCUT2D eigenvalue weighted by Gasteiger charge is 2.32. The van der Waals surface area contributed by atoms with Gasteiger partial charge in [0.25, 0.3) is 0 Å². The predicted molar refractivity (Wildman–Crippen MR) is 128 cm³/mol. The Balaban J connectivity index is 2.35. The number of benzene rings is 2. The van der Waals surface area contributed by atoms with Crippen molar-refractivity contribution in [2.24, 2.45) is 9.98 Å². The smallest absolute Gasteiger partial charge is 0.403 e. The minimum absolute atomic E-state index is 0.0229. The van der Waals surface area contributed by atoms with E-state index in [1.807, 2.05) is 0 Å². The summed E-state index contributed by atoms with van der Waals surface area (Å²) in [6.45, 7) is 3.53. The Bertz CT molecular complexity index is 1100. The lowest BCUT2D eigenvalue weighted by Crippen LogP contribution is -2.17. The quantitative estimate of drug-likeness (QED) is 0.193. The molecule has 0 heterocycles. The number of halogens is 6. The summed E-state index contributed by atoms with van der Waals surface area (Å²) < 4.78 is 83.7. The van der Waals surface area contributed by atoms with Gasteiger partial charge in [0.2, 0.25) is 0 Å². The SMILES string of the molecule is C\C=C/C(=C/C=Nc1ccccc1OC(F)(F)F)C(/C=C\C)=C/C=Nc1ccccc1OC(F)(F)F. The Morgan fingerprint density at radius 1 is 0.639 bits per heavy atom. The first kappa shape index (κ1) is 28.2. The number of rotatable bonds is 9. The Morgan fingerprint density at radius 2 is 1.00 bits per heavy atom. The van der Waals surface area contributed by atoms with E-state index in [0.29, 0.717) is 11.1 Å². The number of aliphatic imine (C=N–C) groups is 2. The molecule has 2 rings (SSSR count). The summed E-state index contributed by atoms with van der Waals surface area (Å²) in [5.41, 5.74) is 1.18. The van der Waals surface area contributed by atoms with E-state index in [0.717, 1.165) is 12.1 Å². The molecule has 2 aromatic carbocycles. The van der Waals surface area contributed by atoms with Crippen LogP contribution in [0.3, 0.4) is 0 Å². The van der Waals surface area contributed by atoms with Gasteiger partial charge in [0.15, 0.2) is 11.5 Å². The third kappa shape index (κ3) is 10.0. The zero-order valence-corrected chi connectivity index (χ0v) is 19.2. The van der Waals surface area contributed by atoms with Crippen molar-refractivity contribution in [3.05, 3.63) is 96.1 Å². The van der Waals surface area contributed by atoms with E-state index in [9.17, 15) is 26.3 Å². The van der Waals surface area contributed by atoms with Gasteiger partial charge in [-0.05, 0) is 61.4 Å². The molecule has 36 heavy (non-hydrogen) atoms. The summed E-state index contributed by atoms with van der Waals surface area (Å²) in [5.74, 6) is -0.892. The summed E-state index contributed by atoms with van der Waals surface area (Å²) in [6, 6.07) is 10.9. The molecule has 0 amide bonds. The van der Waals surface area contributed by atoms with Crippen molar-refractivity contribution in [1.29, 1.82) is 0 Å². The Hall–Kier alpha value is -4.08. The Labute approximate surface area is 204 Å². The fourth-order valence-electron chi connectivity index (χ4n) is 2.80. The summed E-state index contributed by atoms with van der Waals surface area (Å²) in [5, 5.41) is 0. The van der Waals surface area contributed by atoms with Crippen LogP contribution in [0.25, 0.3) is 0 Å². The highest BCUT2D eigenvalue weighted by molar-refractivity contribution is 5.83. The van der Waals surface area contributed by atoms with Gasteiger partial charge in [-0.2, -0.15) is 0 Å². The van der Waals surface area contributed by atoms with Crippen LogP contribution in [0.4, 0.5) is 37.7 Å². The van der Waals surface area contributed by atoms with Crippen LogP contribution in [-0.4, -0.2) is 25.2 Å². The van der Waals surface area contributed by atoms with Crippen LogP contribution in [0.15, 0.2) is 106 Å². The van der Waals surface area contributed by atoms with Crippen LogP contribution in [0.2, 0.25) is 0 Å². The first-order valence-electron chi connectivity index (χ1n) is 10.5. The standard InChI is InChI=1S/C26H22F6N2O2/c1-3-9-19(15-17-33-21-11-5-7-13-23(21)35-25(27,28)29)20(10-4-2)16-18-34-22-12-6-8-14-24(22)36-26(30,31)32/h3-18H,1-2H3/b9-3-,10-4-,19-15-,20-16+,33-17?,34-18?. The van der Waals surface area contributed by atoms with E-state index < -0.39 is 24.2 Å². The maximum atomic E-state index is 12.6. The molecule has 10 heteroatoms. The zero-order chi connectivity index (χ0) is 26.6. The van der Waals surface area contributed by atoms with Crippen molar-refractivity contribution in [3.8, 4) is 11.5 Å². The second kappa shape index (κ2) is 13.1. The van der Waals surface area contributed by atoms with Gasteiger partial charge >= 0.3 is 12.7 Å². The molecule has 2 aromatic rings. The molecule has 4 nitrogen and oxygen atoms in total. The van der Waals surface area contributed by atoms with Crippen LogP contribution in [0.1, 0.15) is 13.8 Å². The van der Waals surface area contributed by atoms with Gasteiger partial charge in [0.05, 0.1) is 0 Å². The van der Waals surface area contributed by atoms with E-state index in [2.05, 4.69) is 19.5 Å². The van der Waals surface area contributed by atoms with Gasteiger partial charge < -0.3 is 9.47 Å². The second-order valence-corrected chi connectivity index (χ2v) is 6.83. The molecule has 0 aliphatic rings. The highest BCUT2D eigenvalue weighted by atomic mass is 19.4. The minimum atomic E-state index is -4.86. The predicted octanol–water partition coefficient (Wildman–Crippen LogP) is 8.59. The van der Waals surface area contributed by atoms with Crippen LogP contribution >= 0.6 is 0 Å². The van der Waals surface area contributed by atoms with Gasteiger partial charge in [-0.1, -0.05) is 48.6 Å². The molecule has 0 aliphatic carbocycles. The highest BCUT2D eigenvalue weighted by Crippen LogP contribution is 2.33. The molecule has 0 spiro atoms. The van der Waals surface area contributed by atoms with Crippen molar-refractivity contribution in [1.82, 2.24) is 0 Å². The fraction of sp³-hybridized carbons (Fsp3) is 0.154. The summed E-state index contributed by atoms with van der Waals surface area (Å²) in [4.78, 5) is 8.12. The van der Waals surface area contributed by atoms with Crippen molar-refractivity contribution in [3.63, 3.8) is 0 Å². The summed E-state index contributed by atoms with van der Waals surface area (Å²) in [6.07, 6.45) is 2.96. The Kier molecular flexibility index (Phi) is 10.3. The van der Waals surface area contributed by atoms with E-state index in [4.69, 9.17) is 0 Å².